The van der Waals surface area contributed by atoms with E-state index in [1.807, 2.05) is 25.1 Å². The number of ether oxygens (including phenoxy) is 1. The lowest BCUT2D eigenvalue weighted by molar-refractivity contribution is 0.290. The van der Waals surface area contributed by atoms with Gasteiger partial charge in [-0.15, -0.1) is 0 Å². The highest BCUT2D eigenvalue weighted by molar-refractivity contribution is 5.83. The maximum absolute atomic E-state index is 13.4. The maximum atomic E-state index is 13.4. The van der Waals surface area contributed by atoms with Crippen LogP contribution in [0.1, 0.15) is 11.1 Å². The van der Waals surface area contributed by atoms with Crippen LogP contribution in [-0.2, 0) is 6.61 Å². The monoisotopic (exact) mass is 256 g/mol. The number of fused-ring (bicyclic) bond motifs is 1. The molecule has 1 heterocycles. The molecule has 0 aliphatic rings. The lowest BCUT2D eigenvalue weighted by Crippen LogP contribution is -1.96. The van der Waals surface area contributed by atoms with Crippen LogP contribution in [-0.4, -0.2) is 0 Å². The normalized spacial score (nSPS) is 10.8. The van der Waals surface area contributed by atoms with Crippen LogP contribution in [0.2, 0.25) is 0 Å². The second kappa shape index (κ2) is 4.76. The molecule has 1 aromatic heterocycles. The minimum Gasteiger partial charge on any atom is -0.486 e. The molecule has 0 amide bonds. The number of para-hydroxylation sites is 2. The highest BCUT2D eigenvalue weighted by Crippen LogP contribution is 2.25. The van der Waals surface area contributed by atoms with Crippen molar-refractivity contribution in [2.75, 3.05) is 0 Å². The predicted octanol–water partition coefficient (Wildman–Crippen LogP) is 4.46. The van der Waals surface area contributed by atoms with E-state index in [4.69, 9.17) is 9.15 Å². The Bertz CT molecular complexity index is 716. The number of halogens is 1. The van der Waals surface area contributed by atoms with Crippen LogP contribution in [0.5, 0.6) is 5.75 Å². The van der Waals surface area contributed by atoms with Crippen LogP contribution in [0.3, 0.4) is 0 Å². The molecule has 3 aromatic rings. The van der Waals surface area contributed by atoms with Crippen LogP contribution in [0.4, 0.5) is 4.39 Å². The molecule has 0 aliphatic heterocycles. The molecule has 0 radical (unpaired) electrons. The largest absolute Gasteiger partial charge is 0.486 e. The highest BCUT2D eigenvalue weighted by atomic mass is 19.1. The van der Waals surface area contributed by atoms with Gasteiger partial charge in [-0.25, -0.2) is 4.39 Å². The minimum atomic E-state index is -0.355. The highest BCUT2D eigenvalue weighted by Gasteiger charge is 2.09. The average Bonchev–Trinajstić information content (AvgIpc) is 2.83. The molecular weight excluding hydrogens is 243 g/mol. The van der Waals surface area contributed by atoms with Crippen molar-refractivity contribution in [2.45, 2.75) is 13.5 Å². The van der Waals surface area contributed by atoms with Crippen molar-refractivity contribution in [3.8, 4) is 5.75 Å². The first-order valence-corrected chi connectivity index (χ1v) is 6.09. The summed E-state index contributed by atoms with van der Waals surface area (Å²) < 4.78 is 24.5. The summed E-state index contributed by atoms with van der Waals surface area (Å²) in [5.74, 6) is -0.101. The third kappa shape index (κ3) is 2.19. The fourth-order valence-corrected chi connectivity index (χ4v) is 2.08. The number of benzene rings is 2. The minimum absolute atomic E-state index is 0.254. The number of hydrogen-bond acceptors (Lipinski definition) is 2. The van der Waals surface area contributed by atoms with Crippen molar-refractivity contribution in [3.05, 3.63) is 65.7 Å². The van der Waals surface area contributed by atoms with Crippen molar-refractivity contribution in [3.63, 3.8) is 0 Å². The Morgan fingerprint density at radius 2 is 1.95 bits per heavy atom. The standard InChI is InChI=1S/C16H13FO2/c1-11-5-4-6-13-12(10-19-16(11)13)9-18-15-8-3-2-7-14(15)17/h2-8,10H,9H2,1H3. The Hall–Kier alpha value is -2.29. The van der Waals surface area contributed by atoms with Crippen molar-refractivity contribution in [1.82, 2.24) is 0 Å². The third-order valence-corrected chi connectivity index (χ3v) is 3.10. The SMILES string of the molecule is Cc1cccc2c(COc3ccccc3F)coc12. The molecule has 0 fully saturated rings. The Labute approximate surface area is 110 Å². The molecule has 96 valence electrons. The van der Waals surface area contributed by atoms with Gasteiger partial charge in [0.2, 0.25) is 0 Å². The molecule has 0 saturated carbocycles. The molecule has 0 spiro atoms. The smallest absolute Gasteiger partial charge is 0.165 e. The summed E-state index contributed by atoms with van der Waals surface area (Å²) in [7, 11) is 0. The van der Waals surface area contributed by atoms with E-state index in [2.05, 4.69) is 0 Å². The molecular formula is C16H13FO2. The van der Waals surface area contributed by atoms with Gasteiger partial charge in [0.15, 0.2) is 11.6 Å². The summed E-state index contributed by atoms with van der Waals surface area (Å²) in [6.07, 6.45) is 1.67. The lowest BCUT2D eigenvalue weighted by atomic mass is 10.1. The summed E-state index contributed by atoms with van der Waals surface area (Å²) in [6, 6.07) is 12.3. The second-order valence-corrected chi connectivity index (χ2v) is 4.43. The molecule has 3 heteroatoms. The van der Waals surface area contributed by atoms with Gasteiger partial charge in [-0.05, 0) is 24.6 Å². The molecule has 2 aromatic carbocycles. The predicted molar refractivity (Wildman–Crippen MR) is 71.7 cm³/mol. The summed E-state index contributed by atoms with van der Waals surface area (Å²) in [5, 5.41) is 1.01. The zero-order valence-electron chi connectivity index (χ0n) is 10.5. The average molecular weight is 256 g/mol. The van der Waals surface area contributed by atoms with Gasteiger partial charge < -0.3 is 9.15 Å². The van der Waals surface area contributed by atoms with Crippen LogP contribution < -0.4 is 4.74 Å². The topological polar surface area (TPSA) is 22.4 Å². The maximum Gasteiger partial charge on any atom is 0.165 e. The van der Waals surface area contributed by atoms with E-state index in [0.29, 0.717) is 0 Å². The summed E-state index contributed by atoms with van der Waals surface area (Å²) >= 11 is 0. The molecule has 2 nitrogen and oxygen atoms in total. The van der Waals surface area contributed by atoms with Gasteiger partial charge in [0.1, 0.15) is 12.2 Å². The third-order valence-electron chi connectivity index (χ3n) is 3.10. The Kier molecular flexibility index (Phi) is 2.95. The quantitative estimate of drug-likeness (QED) is 0.690. The molecule has 0 atom stereocenters. The van der Waals surface area contributed by atoms with Crippen molar-refractivity contribution in [2.24, 2.45) is 0 Å². The van der Waals surface area contributed by atoms with Gasteiger partial charge in [-0.1, -0.05) is 30.3 Å². The van der Waals surface area contributed by atoms with E-state index in [0.717, 1.165) is 22.1 Å². The number of aryl methyl sites for hydroxylation is 1. The number of hydrogen-bond donors (Lipinski definition) is 0. The van der Waals surface area contributed by atoms with Crippen LogP contribution in [0, 0.1) is 12.7 Å². The molecule has 0 N–H and O–H groups in total. The first kappa shape index (κ1) is 11.8. The lowest BCUT2D eigenvalue weighted by Gasteiger charge is -2.05. The molecule has 0 saturated heterocycles. The van der Waals surface area contributed by atoms with Gasteiger partial charge in [0.25, 0.3) is 0 Å². The zero-order chi connectivity index (χ0) is 13.2. The zero-order valence-corrected chi connectivity index (χ0v) is 10.5. The van der Waals surface area contributed by atoms with Gasteiger partial charge >= 0.3 is 0 Å². The molecule has 3 rings (SSSR count). The van der Waals surface area contributed by atoms with Crippen molar-refractivity contribution in [1.29, 1.82) is 0 Å². The van der Waals surface area contributed by atoms with Gasteiger partial charge in [0.05, 0.1) is 6.26 Å². The number of rotatable bonds is 3. The van der Waals surface area contributed by atoms with Gasteiger partial charge in [-0.3, -0.25) is 0 Å². The Morgan fingerprint density at radius 1 is 1.11 bits per heavy atom. The Balaban J connectivity index is 1.87. The van der Waals surface area contributed by atoms with Gasteiger partial charge in [-0.2, -0.15) is 0 Å². The van der Waals surface area contributed by atoms with E-state index >= 15 is 0 Å². The fraction of sp³-hybridized carbons (Fsp3) is 0.125. The van der Waals surface area contributed by atoms with Crippen LogP contribution in [0.25, 0.3) is 11.0 Å². The van der Waals surface area contributed by atoms with E-state index in [1.54, 1.807) is 24.5 Å². The molecule has 0 unspecified atom stereocenters. The van der Waals surface area contributed by atoms with E-state index < -0.39 is 0 Å². The van der Waals surface area contributed by atoms with E-state index in [1.165, 1.54) is 6.07 Å². The first-order valence-electron chi connectivity index (χ1n) is 6.09. The molecule has 0 aliphatic carbocycles. The van der Waals surface area contributed by atoms with Crippen LogP contribution in [0.15, 0.2) is 53.1 Å². The van der Waals surface area contributed by atoms with Crippen molar-refractivity contribution >= 4 is 11.0 Å². The first-order chi connectivity index (χ1) is 9.25. The van der Waals surface area contributed by atoms with E-state index in [9.17, 15) is 4.39 Å². The molecule has 19 heavy (non-hydrogen) atoms. The van der Waals surface area contributed by atoms with E-state index in [-0.39, 0.29) is 18.2 Å². The Morgan fingerprint density at radius 3 is 2.79 bits per heavy atom. The fourth-order valence-electron chi connectivity index (χ4n) is 2.08. The molecule has 0 bridgehead atoms. The van der Waals surface area contributed by atoms with Crippen molar-refractivity contribution < 1.29 is 13.5 Å². The number of furan rings is 1. The van der Waals surface area contributed by atoms with Crippen LogP contribution >= 0.6 is 0 Å². The second-order valence-electron chi connectivity index (χ2n) is 4.43. The summed E-state index contributed by atoms with van der Waals surface area (Å²) in [6.45, 7) is 2.28. The summed E-state index contributed by atoms with van der Waals surface area (Å²) in [4.78, 5) is 0. The summed E-state index contributed by atoms with van der Waals surface area (Å²) in [5.41, 5.74) is 2.85. The van der Waals surface area contributed by atoms with Gasteiger partial charge in [0, 0.05) is 10.9 Å².